The number of halogens is 1. The Morgan fingerprint density at radius 1 is 1.40 bits per heavy atom. The Hall–Kier alpha value is -0.0400. The van der Waals surface area contributed by atoms with Crippen LogP contribution in [0.25, 0.3) is 0 Å². The summed E-state index contributed by atoms with van der Waals surface area (Å²) < 4.78 is 5.24. The minimum atomic E-state index is 0. The lowest BCUT2D eigenvalue weighted by Gasteiger charge is -2.23. The van der Waals surface area contributed by atoms with Gasteiger partial charge in [-0.15, -0.1) is 24.0 Å². The molecule has 4 nitrogen and oxygen atoms in total. The third-order valence-corrected chi connectivity index (χ3v) is 3.59. The molecule has 0 amide bonds. The first-order chi connectivity index (χ1) is 8.96. The zero-order valence-corrected chi connectivity index (χ0v) is 16.1. The quantitative estimate of drug-likeness (QED) is 0.336. The number of hydrogen-bond donors (Lipinski definition) is 1. The van der Waals surface area contributed by atoms with E-state index in [9.17, 15) is 0 Å². The van der Waals surface area contributed by atoms with E-state index in [0.717, 1.165) is 32.2 Å². The van der Waals surface area contributed by atoms with Gasteiger partial charge in [-0.05, 0) is 24.7 Å². The molecule has 1 heterocycles. The van der Waals surface area contributed by atoms with Crippen molar-refractivity contribution in [2.75, 3.05) is 40.4 Å². The highest BCUT2D eigenvalue weighted by atomic mass is 127. The fraction of sp³-hybridized carbons (Fsp3) is 0.933. The second-order valence-electron chi connectivity index (χ2n) is 6.69. The number of guanidine groups is 1. The lowest BCUT2D eigenvalue weighted by atomic mass is 9.91. The average molecular weight is 397 g/mol. The lowest BCUT2D eigenvalue weighted by Crippen LogP contribution is -2.40. The number of rotatable bonds is 5. The largest absolute Gasteiger partial charge is 0.384 e. The third-order valence-electron chi connectivity index (χ3n) is 3.59. The summed E-state index contributed by atoms with van der Waals surface area (Å²) in [5, 5.41) is 3.48. The van der Waals surface area contributed by atoms with Crippen molar-refractivity contribution in [3.05, 3.63) is 0 Å². The van der Waals surface area contributed by atoms with Crippen LogP contribution in [0.3, 0.4) is 0 Å². The Balaban J connectivity index is 0.00000361. The molecule has 0 spiro atoms. The number of aliphatic imine (C=N–C) groups is 1. The van der Waals surface area contributed by atoms with Crippen molar-refractivity contribution < 1.29 is 4.74 Å². The number of hydrogen-bond acceptors (Lipinski definition) is 2. The number of likely N-dealkylation sites (tertiary alicyclic amines) is 1. The molecule has 5 heteroatoms. The van der Waals surface area contributed by atoms with Gasteiger partial charge in [-0.2, -0.15) is 0 Å². The molecule has 1 aliphatic rings. The summed E-state index contributed by atoms with van der Waals surface area (Å²) in [7, 11) is 3.65. The van der Waals surface area contributed by atoms with Crippen molar-refractivity contribution in [3.63, 3.8) is 0 Å². The van der Waals surface area contributed by atoms with Crippen LogP contribution in [0.1, 0.15) is 40.0 Å². The second kappa shape index (κ2) is 9.82. The minimum Gasteiger partial charge on any atom is -0.384 e. The molecule has 0 aromatic carbocycles. The van der Waals surface area contributed by atoms with Crippen LogP contribution in [0.2, 0.25) is 0 Å². The van der Waals surface area contributed by atoms with Gasteiger partial charge in [-0.3, -0.25) is 4.99 Å². The van der Waals surface area contributed by atoms with E-state index in [-0.39, 0.29) is 24.0 Å². The van der Waals surface area contributed by atoms with Crippen LogP contribution < -0.4 is 5.32 Å². The molecule has 0 bridgehead atoms. The monoisotopic (exact) mass is 397 g/mol. The first kappa shape index (κ1) is 20.0. The SMILES string of the molecule is CN=C(NCCCC(C)(C)C)N1CCC(COC)C1.I. The number of methoxy groups -OCH3 is 1. The van der Waals surface area contributed by atoms with Gasteiger partial charge in [0.25, 0.3) is 0 Å². The van der Waals surface area contributed by atoms with Crippen molar-refractivity contribution in [2.45, 2.75) is 40.0 Å². The van der Waals surface area contributed by atoms with Crippen LogP contribution in [0.5, 0.6) is 0 Å². The second-order valence-corrected chi connectivity index (χ2v) is 6.69. The van der Waals surface area contributed by atoms with E-state index in [1.165, 1.54) is 19.3 Å². The van der Waals surface area contributed by atoms with Crippen molar-refractivity contribution in [1.29, 1.82) is 0 Å². The van der Waals surface area contributed by atoms with E-state index < -0.39 is 0 Å². The van der Waals surface area contributed by atoms with Gasteiger partial charge in [0.05, 0.1) is 6.61 Å². The van der Waals surface area contributed by atoms with Gasteiger partial charge in [0, 0.05) is 39.7 Å². The summed E-state index contributed by atoms with van der Waals surface area (Å²) in [5.74, 6) is 1.70. The zero-order chi connectivity index (χ0) is 14.3. The highest BCUT2D eigenvalue weighted by Crippen LogP contribution is 2.20. The fourth-order valence-corrected chi connectivity index (χ4v) is 2.55. The maximum Gasteiger partial charge on any atom is 0.193 e. The van der Waals surface area contributed by atoms with Gasteiger partial charge < -0.3 is 15.0 Å². The van der Waals surface area contributed by atoms with Gasteiger partial charge in [-0.25, -0.2) is 0 Å². The molecule has 1 rings (SSSR count). The van der Waals surface area contributed by atoms with Crippen molar-refractivity contribution in [1.82, 2.24) is 10.2 Å². The summed E-state index contributed by atoms with van der Waals surface area (Å²) in [4.78, 5) is 6.74. The third kappa shape index (κ3) is 7.67. The van der Waals surface area contributed by atoms with Gasteiger partial charge in [0.2, 0.25) is 0 Å². The van der Waals surface area contributed by atoms with Gasteiger partial charge in [-0.1, -0.05) is 20.8 Å². The van der Waals surface area contributed by atoms with Crippen LogP contribution in [-0.2, 0) is 4.74 Å². The van der Waals surface area contributed by atoms with Gasteiger partial charge in [0.1, 0.15) is 0 Å². The smallest absolute Gasteiger partial charge is 0.193 e. The van der Waals surface area contributed by atoms with Crippen LogP contribution >= 0.6 is 24.0 Å². The van der Waals surface area contributed by atoms with Crippen LogP contribution in [-0.4, -0.2) is 51.3 Å². The molecular weight excluding hydrogens is 365 g/mol. The normalized spacial score (nSPS) is 19.9. The first-order valence-electron chi connectivity index (χ1n) is 7.41. The number of ether oxygens (including phenoxy) is 1. The first-order valence-corrected chi connectivity index (χ1v) is 7.41. The molecule has 1 saturated heterocycles. The molecule has 1 fully saturated rings. The zero-order valence-electron chi connectivity index (χ0n) is 13.7. The molecule has 0 aliphatic carbocycles. The van der Waals surface area contributed by atoms with E-state index in [1.54, 1.807) is 7.11 Å². The molecule has 0 radical (unpaired) electrons. The Labute approximate surface area is 141 Å². The van der Waals surface area contributed by atoms with E-state index in [2.05, 4.69) is 36.0 Å². The van der Waals surface area contributed by atoms with Crippen molar-refractivity contribution in [3.8, 4) is 0 Å². The standard InChI is InChI=1S/C15H31N3O.HI/c1-15(2,3)8-6-9-17-14(16-4)18-10-7-13(11-18)12-19-5;/h13H,6-12H2,1-5H3,(H,16,17);1H. The molecule has 120 valence electrons. The summed E-state index contributed by atoms with van der Waals surface area (Å²) in [5.41, 5.74) is 0.419. The molecule has 0 aromatic heterocycles. The topological polar surface area (TPSA) is 36.9 Å². The highest BCUT2D eigenvalue weighted by molar-refractivity contribution is 14.0. The molecule has 0 aromatic rings. The number of nitrogens with zero attached hydrogens (tertiary/aromatic N) is 2. The molecule has 20 heavy (non-hydrogen) atoms. The van der Waals surface area contributed by atoms with E-state index in [1.807, 2.05) is 7.05 Å². The fourth-order valence-electron chi connectivity index (χ4n) is 2.55. The molecule has 1 unspecified atom stereocenters. The predicted octanol–water partition coefficient (Wildman–Crippen LogP) is 2.97. The predicted molar refractivity (Wildman–Crippen MR) is 97.0 cm³/mol. The molecule has 1 atom stereocenters. The molecular formula is C15H32IN3O. The Bertz CT molecular complexity index is 289. The van der Waals surface area contributed by atoms with E-state index in [0.29, 0.717) is 11.3 Å². The molecule has 0 saturated carbocycles. The average Bonchev–Trinajstić information content (AvgIpc) is 2.77. The van der Waals surface area contributed by atoms with E-state index in [4.69, 9.17) is 4.74 Å². The maximum absolute atomic E-state index is 5.24. The van der Waals surface area contributed by atoms with E-state index >= 15 is 0 Å². The highest BCUT2D eigenvalue weighted by Gasteiger charge is 2.24. The van der Waals surface area contributed by atoms with Gasteiger partial charge >= 0.3 is 0 Å². The summed E-state index contributed by atoms with van der Waals surface area (Å²) in [6.45, 7) is 10.9. The number of nitrogens with one attached hydrogen (secondary N) is 1. The van der Waals surface area contributed by atoms with Crippen molar-refractivity contribution >= 4 is 29.9 Å². The van der Waals surface area contributed by atoms with Crippen LogP contribution in [0, 0.1) is 11.3 Å². The summed E-state index contributed by atoms with van der Waals surface area (Å²) in [6.07, 6.45) is 3.64. The molecule has 1 N–H and O–H groups in total. The maximum atomic E-state index is 5.24. The Kier molecular flexibility index (Phi) is 9.80. The van der Waals surface area contributed by atoms with Gasteiger partial charge in [0.15, 0.2) is 5.96 Å². The van der Waals surface area contributed by atoms with Crippen LogP contribution in [0.15, 0.2) is 4.99 Å². The molecule has 1 aliphatic heterocycles. The minimum absolute atomic E-state index is 0. The summed E-state index contributed by atoms with van der Waals surface area (Å²) in [6, 6.07) is 0. The summed E-state index contributed by atoms with van der Waals surface area (Å²) >= 11 is 0. The van der Waals surface area contributed by atoms with Crippen molar-refractivity contribution in [2.24, 2.45) is 16.3 Å². The van der Waals surface area contributed by atoms with Crippen LogP contribution in [0.4, 0.5) is 0 Å². The Morgan fingerprint density at radius 2 is 2.10 bits per heavy atom. The lowest BCUT2D eigenvalue weighted by molar-refractivity contribution is 0.157. The Morgan fingerprint density at radius 3 is 2.65 bits per heavy atom.